The molecule has 2 aromatic rings. The Morgan fingerprint density at radius 3 is 2.69 bits per heavy atom. The molecule has 0 aliphatic heterocycles. The van der Waals surface area contributed by atoms with Crippen molar-refractivity contribution in [2.24, 2.45) is 0 Å². The molecule has 1 heterocycles. The summed E-state index contributed by atoms with van der Waals surface area (Å²) in [7, 11) is 3.24. The Balaban J connectivity index is 2.71. The average Bonchev–Trinajstić information content (AvgIpc) is 2.28. The van der Waals surface area contributed by atoms with Crippen LogP contribution in [0.4, 0.5) is 10.2 Å². The summed E-state index contributed by atoms with van der Waals surface area (Å²) >= 11 is 0. The lowest BCUT2D eigenvalue weighted by molar-refractivity contribution is 0.387. The van der Waals surface area contributed by atoms with Crippen LogP contribution in [0.2, 0.25) is 0 Å². The molecule has 2 rings (SSSR count). The molecule has 1 aromatic carbocycles. The first-order valence-corrected chi connectivity index (χ1v) is 4.98. The lowest BCUT2D eigenvalue weighted by atomic mass is 10.1. The van der Waals surface area contributed by atoms with Gasteiger partial charge >= 0.3 is 0 Å². The number of aromatic nitrogens is 1. The maximum Gasteiger partial charge on any atom is 0.167 e. The molecule has 4 heteroatoms. The van der Waals surface area contributed by atoms with Gasteiger partial charge in [-0.1, -0.05) is 0 Å². The van der Waals surface area contributed by atoms with Gasteiger partial charge in [-0.05, 0) is 24.6 Å². The van der Waals surface area contributed by atoms with Gasteiger partial charge in [-0.3, -0.25) is 0 Å². The van der Waals surface area contributed by atoms with Gasteiger partial charge in [0.05, 0.1) is 12.6 Å². The molecule has 0 radical (unpaired) electrons. The van der Waals surface area contributed by atoms with Crippen LogP contribution in [-0.4, -0.2) is 19.1 Å². The molecule has 0 bridgehead atoms. The Kier molecular flexibility index (Phi) is 2.64. The van der Waals surface area contributed by atoms with Gasteiger partial charge in [-0.2, -0.15) is 0 Å². The minimum atomic E-state index is -0.395. The van der Waals surface area contributed by atoms with Crippen LogP contribution in [-0.2, 0) is 0 Å². The van der Waals surface area contributed by atoms with Gasteiger partial charge in [-0.15, -0.1) is 0 Å². The summed E-state index contributed by atoms with van der Waals surface area (Å²) in [5.74, 6) is 0.608. The normalized spacial score (nSPS) is 10.5. The van der Waals surface area contributed by atoms with Gasteiger partial charge in [0.2, 0.25) is 0 Å². The highest BCUT2D eigenvalue weighted by Crippen LogP contribution is 2.26. The number of nitrogens with one attached hydrogen (secondary N) is 1. The number of rotatable bonds is 2. The third-order valence-electron chi connectivity index (χ3n) is 2.52. The Bertz CT molecular complexity index is 491. The molecule has 16 heavy (non-hydrogen) atoms. The highest BCUT2D eigenvalue weighted by Gasteiger charge is 2.08. The number of methoxy groups -OCH3 is 1. The quantitative estimate of drug-likeness (QED) is 0.845. The maximum absolute atomic E-state index is 13.5. The van der Waals surface area contributed by atoms with E-state index in [0.717, 1.165) is 16.8 Å². The lowest BCUT2D eigenvalue weighted by Gasteiger charge is -2.08. The third-order valence-corrected chi connectivity index (χ3v) is 2.52. The molecule has 3 nitrogen and oxygen atoms in total. The van der Waals surface area contributed by atoms with Crippen LogP contribution in [0.3, 0.4) is 0 Å². The number of pyridine rings is 1. The van der Waals surface area contributed by atoms with Gasteiger partial charge in [0.25, 0.3) is 0 Å². The number of anilines is 1. The summed E-state index contributed by atoms with van der Waals surface area (Å²) in [5.41, 5.74) is 1.64. The van der Waals surface area contributed by atoms with E-state index in [1.807, 2.05) is 13.0 Å². The molecular formula is C12H13FN2O. The van der Waals surface area contributed by atoms with E-state index in [4.69, 9.17) is 4.74 Å². The number of hydrogen-bond acceptors (Lipinski definition) is 3. The summed E-state index contributed by atoms with van der Waals surface area (Å²) in [5, 5.41) is 3.84. The minimum absolute atomic E-state index is 0.242. The summed E-state index contributed by atoms with van der Waals surface area (Å²) in [6, 6.07) is 4.99. The van der Waals surface area contributed by atoms with E-state index < -0.39 is 5.82 Å². The molecule has 0 fully saturated rings. The minimum Gasteiger partial charge on any atom is -0.494 e. The second-order valence-corrected chi connectivity index (χ2v) is 3.58. The molecular weight excluding hydrogens is 207 g/mol. The monoisotopic (exact) mass is 220 g/mol. The van der Waals surface area contributed by atoms with E-state index in [9.17, 15) is 4.39 Å². The van der Waals surface area contributed by atoms with E-state index in [-0.39, 0.29) is 5.75 Å². The molecule has 0 spiro atoms. The van der Waals surface area contributed by atoms with Gasteiger partial charge in [0, 0.05) is 18.5 Å². The summed E-state index contributed by atoms with van der Waals surface area (Å²) in [6.07, 6.45) is 0. The summed E-state index contributed by atoms with van der Waals surface area (Å²) < 4.78 is 18.4. The van der Waals surface area contributed by atoms with E-state index in [2.05, 4.69) is 10.3 Å². The largest absolute Gasteiger partial charge is 0.494 e. The van der Waals surface area contributed by atoms with E-state index in [1.165, 1.54) is 13.2 Å². The van der Waals surface area contributed by atoms with Crippen molar-refractivity contribution in [3.8, 4) is 5.75 Å². The van der Waals surface area contributed by atoms with Crippen LogP contribution in [0.1, 0.15) is 5.56 Å². The van der Waals surface area contributed by atoms with Gasteiger partial charge in [0.15, 0.2) is 11.6 Å². The van der Waals surface area contributed by atoms with Crippen molar-refractivity contribution in [3.05, 3.63) is 29.6 Å². The fourth-order valence-electron chi connectivity index (χ4n) is 1.69. The maximum atomic E-state index is 13.5. The third kappa shape index (κ3) is 1.66. The van der Waals surface area contributed by atoms with E-state index in [0.29, 0.717) is 5.52 Å². The first kappa shape index (κ1) is 10.7. The number of nitrogens with zero attached hydrogens (tertiary/aromatic N) is 1. The Hall–Kier alpha value is -1.84. The van der Waals surface area contributed by atoms with Crippen molar-refractivity contribution >= 4 is 16.7 Å². The van der Waals surface area contributed by atoms with Crippen LogP contribution in [0.5, 0.6) is 5.75 Å². The second-order valence-electron chi connectivity index (χ2n) is 3.58. The molecule has 84 valence electrons. The zero-order chi connectivity index (χ0) is 11.7. The second kappa shape index (κ2) is 3.96. The molecule has 0 aliphatic rings. The SMILES string of the molecule is CNc1nc2cc(F)c(OC)cc2cc1C. The zero-order valence-corrected chi connectivity index (χ0v) is 9.47. The van der Waals surface area contributed by atoms with E-state index >= 15 is 0 Å². The molecule has 0 unspecified atom stereocenters. The predicted molar refractivity (Wildman–Crippen MR) is 62.5 cm³/mol. The van der Waals surface area contributed by atoms with Crippen molar-refractivity contribution in [1.82, 2.24) is 4.98 Å². The summed E-state index contributed by atoms with van der Waals surface area (Å²) in [4.78, 5) is 4.32. The fraction of sp³-hybridized carbons (Fsp3) is 0.250. The first-order chi connectivity index (χ1) is 7.65. The fourth-order valence-corrected chi connectivity index (χ4v) is 1.69. The summed E-state index contributed by atoms with van der Waals surface area (Å²) in [6.45, 7) is 1.95. The standard InChI is InChI=1S/C12H13FN2O/c1-7-4-8-5-11(16-3)9(13)6-10(8)15-12(7)14-2/h4-6H,1-3H3,(H,14,15). The predicted octanol–water partition coefficient (Wildman–Crippen LogP) is 2.73. The highest BCUT2D eigenvalue weighted by atomic mass is 19.1. The number of hydrogen-bond donors (Lipinski definition) is 1. The molecule has 0 aliphatic carbocycles. The number of fused-ring (bicyclic) bond motifs is 1. The Labute approximate surface area is 93.3 Å². The Morgan fingerprint density at radius 1 is 1.31 bits per heavy atom. The van der Waals surface area contributed by atoms with Crippen LogP contribution in [0.15, 0.2) is 18.2 Å². The van der Waals surface area contributed by atoms with Crippen molar-refractivity contribution in [3.63, 3.8) is 0 Å². The topological polar surface area (TPSA) is 34.2 Å². The van der Waals surface area contributed by atoms with Crippen molar-refractivity contribution in [2.75, 3.05) is 19.5 Å². The van der Waals surface area contributed by atoms with Crippen LogP contribution < -0.4 is 10.1 Å². The van der Waals surface area contributed by atoms with Crippen LogP contribution in [0, 0.1) is 12.7 Å². The lowest BCUT2D eigenvalue weighted by Crippen LogP contribution is -1.97. The molecule has 1 aromatic heterocycles. The molecule has 1 N–H and O–H groups in total. The number of benzene rings is 1. The smallest absolute Gasteiger partial charge is 0.167 e. The molecule has 0 saturated heterocycles. The molecule has 0 atom stereocenters. The highest BCUT2D eigenvalue weighted by molar-refractivity contribution is 5.83. The molecule has 0 amide bonds. The van der Waals surface area contributed by atoms with Crippen molar-refractivity contribution < 1.29 is 9.13 Å². The zero-order valence-electron chi connectivity index (χ0n) is 9.47. The van der Waals surface area contributed by atoms with Crippen molar-refractivity contribution in [2.45, 2.75) is 6.92 Å². The van der Waals surface area contributed by atoms with E-state index in [1.54, 1.807) is 13.1 Å². The number of ether oxygens (including phenoxy) is 1. The average molecular weight is 220 g/mol. The molecule has 0 saturated carbocycles. The number of halogens is 1. The van der Waals surface area contributed by atoms with Crippen LogP contribution in [0.25, 0.3) is 10.9 Å². The van der Waals surface area contributed by atoms with Gasteiger partial charge < -0.3 is 10.1 Å². The van der Waals surface area contributed by atoms with Gasteiger partial charge in [0.1, 0.15) is 5.82 Å². The van der Waals surface area contributed by atoms with Crippen molar-refractivity contribution in [1.29, 1.82) is 0 Å². The number of aryl methyl sites for hydroxylation is 1. The van der Waals surface area contributed by atoms with Gasteiger partial charge in [-0.25, -0.2) is 9.37 Å². The van der Waals surface area contributed by atoms with Crippen LogP contribution >= 0.6 is 0 Å². The first-order valence-electron chi connectivity index (χ1n) is 4.98. The Morgan fingerprint density at radius 2 is 2.06 bits per heavy atom.